The Morgan fingerprint density at radius 2 is 1.88 bits per heavy atom. The lowest BCUT2D eigenvalue weighted by atomic mass is 10.1. The van der Waals surface area contributed by atoms with Gasteiger partial charge in [-0.3, -0.25) is 5.01 Å². The fourth-order valence-corrected chi connectivity index (χ4v) is 3.05. The summed E-state index contributed by atoms with van der Waals surface area (Å²) in [5.74, 6) is 0.605. The Kier molecular flexibility index (Phi) is 5.56. The highest BCUT2D eigenvalue weighted by atomic mass is 16.5. The maximum Gasteiger partial charge on any atom is 0.166 e. The number of rotatable bonds is 5. The van der Waals surface area contributed by atoms with Crippen molar-refractivity contribution in [3.63, 3.8) is 0 Å². The highest BCUT2D eigenvalue weighted by Crippen LogP contribution is 2.28. The number of hydrogen-bond acceptors (Lipinski definition) is 4. The lowest BCUT2D eigenvalue weighted by molar-refractivity contribution is -0.918. The van der Waals surface area contributed by atoms with E-state index >= 15 is 0 Å². The Balaban J connectivity index is 1.53. The van der Waals surface area contributed by atoms with E-state index in [4.69, 9.17) is 4.74 Å². The Morgan fingerprint density at radius 1 is 1.16 bits per heavy atom. The normalized spacial score (nSPS) is 15.7. The summed E-state index contributed by atoms with van der Waals surface area (Å²) in [7, 11) is 1.55. The summed E-state index contributed by atoms with van der Waals surface area (Å²) in [6, 6.07) is 14.2. The van der Waals surface area contributed by atoms with Crippen molar-refractivity contribution in [2.24, 2.45) is 5.10 Å². The minimum atomic E-state index is 0.136. The SMILES string of the molecule is COc1cccc(/C=N/N2CC[NH+](Cc3ccc(C)cc3)CC2)c1O. The van der Waals surface area contributed by atoms with Gasteiger partial charge in [0, 0.05) is 11.1 Å². The zero-order valence-electron chi connectivity index (χ0n) is 14.9. The minimum Gasteiger partial charge on any atom is -0.504 e. The average Bonchev–Trinajstić information content (AvgIpc) is 2.64. The molecule has 0 atom stereocenters. The molecule has 2 N–H and O–H groups in total. The summed E-state index contributed by atoms with van der Waals surface area (Å²) in [6.07, 6.45) is 1.71. The molecule has 1 aliphatic heterocycles. The average molecular weight is 340 g/mol. The molecule has 25 heavy (non-hydrogen) atoms. The molecule has 0 bridgehead atoms. The van der Waals surface area contributed by atoms with E-state index in [1.165, 1.54) is 11.1 Å². The number of aryl methyl sites for hydroxylation is 1. The summed E-state index contributed by atoms with van der Waals surface area (Å²) in [6.45, 7) is 7.15. The van der Waals surface area contributed by atoms with Crippen molar-refractivity contribution in [2.75, 3.05) is 33.3 Å². The number of aromatic hydroxyl groups is 1. The van der Waals surface area contributed by atoms with Crippen molar-refractivity contribution < 1.29 is 14.7 Å². The summed E-state index contributed by atoms with van der Waals surface area (Å²) in [5, 5.41) is 16.7. The molecule has 0 saturated carbocycles. The van der Waals surface area contributed by atoms with Crippen molar-refractivity contribution in [1.82, 2.24) is 5.01 Å². The van der Waals surface area contributed by atoms with Gasteiger partial charge < -0.3 is 14.7 Å². The number of phenolic OH excluding ortho intramolecular Hbond substituents is 1. The summed E-state index contributed by atoms with van der Waals surface area (Å²) >= 11 is 0. The van der Waals surface area contributed by atoms with Crippen LogP contribution in [0.4, 0.5) is 0 Å². The lowest BCUT2D eigenvalue weighted by Crippen LogP contribution is -3.13. The highest BCUT2D eigenvalue weighted by Gasteiger charge is 2.18. The molecule has 5 nitrogen and oxygen atoms in total. The van der Waals surface area contributed by atoms with Crippen molar-refractivity contribution in [2.45, 2.75) is 13.5 Å². The number of quaternary nitrogens is 1. The molecule has 5 heteroatoms. The van der Waals surface area contributed by atoms with Crippen molar-refractivity contribution in [3.8, 4) is 11.5 Å². The Morgan fingerprint density at radius 3 is 2.56 bits per heavy atom. The van der Waals surface area contributed by atoms with E-state index in [1.807, 2.05) is 12.1 Å². The smallest absolute Gasteiger partial charge is 0.166 e. The number of phenols is 1. The summed E-state index contributed by atoms with van der Waals surface area (Å²) < 4.78 is 5.13. The van der Waals surface area contributed by atoms with Gasteiger partial charge in [0.15, 0.2) is 11.5 Å². The number of hydrogen-bond donors (Lipinski definition) is 2. The van der Waals surface area contributed by atoms with Crippen LogP contribution in [0, 0.1) is 6.92 Å². The molecule has 1 saturated heterocycles. The Labute approximate surface area is 149 Å². The topological polar surface area (TPSA) is 49.5 Å². The Hall–Kier alpha value is -2.53. The second-order valence-corrected chi connectivity index (χ2v) is 6.51. The van der Waals surface area contributed by atoms with Crippen LogP contribution in [0.5, 0.6) is 11.5 Å². The Bertz CT molecular complexity index is 720. The first-order valence-corrected chi connectivity index (χ1v) is 8.69. The zero-order valence-corrected chi connectivity index (χ0v) is 14.9. The van der Waals surface area contributed by atoms with Crippen LogP contribution in [0.3, 0.4) is 0 Å². The van der Waals surface area contributed by atoms with E-state index in [1.54, 1.807) is 24.3 Å². The molecule has 2 aromatic carbocycles. The van der Waals surface area contributed by atoms with E-state index in [2.05, 4.69) is 41.3 Å². The first-order valence-electron chi connectivity index (χ1n) is 8.69. The van der Waals surface area contributed by atoms with Crippen LogP contribution < -0.4 is 9.64 Å². The van der Waals surface area contributed by atoms with Crippen molar-refractivity contribution >= 4 is 6.21 Å². The molecule has 0 spiro atoms. The molecule has 3 rings (SSSR count). The molecule has 132 valence electrons. The number of hydrazone groups is 1. The number of nitrogens with zero attached hydrogens (tertiary/aromatic N) is 2. The van der Waals surface area contributed by atoms with E-state index in [-0.39, 0.29) is 5.75 Å². The van der Waals surface area contributed by atoms with Crippen LogP contribution in [0.15, 0.2) is 47.6 Å². The van der Waals surface area contributed by atoms with Gasteiger partial charge >= 0.3 is 0 Å². The van der Waals surface area contributed by atoms with Crippen LogP contribution >= 0.6 is 0 Å². The number of ether oxygens (including phenoxy) is 1. The summed E-state index contributed by atoms with van der Waals surface area (Å²) in [4.78, 5) is 1.58. The van der Waals surface area contributed by atoms with Gasteiger partial charge in [0.1, 0.15) is 6.54 Å². The van der Waals surface area contributed by atoms with Crippen LogP contribution in [0.25, 0.3) is 0 Å². The van der Waals surface area contributed by atoms with Crippen LogP contribution in [-0.4, -0.2) is 49.6 Å². The van der Waals surface area contributed by atoms with Crippen LogP contribution in [-0.2, 0) is 6.54 Å². The maximum absolute atomic E-state index is 10.1. The molecule has 1 fully saturated rings. The molecule has 0 aromatic heterocycles. The molecule has 0 radical (unpaired) electrons. The molecule has 1 aliphatic rings. The van der Waals surface area contributed by atoms with E-state index < -0.39 is 0 Å². The summed E-state index contributed by atoms with van der Waals surface area (Å²) in [5.41, 5.74) is 3.37. The largest absolute Gasteiger partial charge is 0.504 e. The van der Waals surface area contributed by atoms with Gasteiger partial charge in [-0.15, -0.1) is 0 Å². The van der Waals surface area contributed by atoms with Crippen LogP contribution in [0.2, 0.25) is 0 Å². The second kappa shape index (κ2) is 8.03. The molecular weight excluding hydrogens is 314 g/mol. The molecule has 0 aliphatic carbocycles. The number of benzene rings is 2. The third-order valence-electron chi connectivity index (χ3n) is 4.63. The van der Waals surface area contributed by atoms with E-state index in [0.29, 0.717) is 11.3 Å². The molecule has 0 unspecified atom stereocenters. The first kappa shape index (κ1) is 17.3. The quantitative estimate of drug-likeness (QED) is 0.810. The molecule has 0 amide bonds. The van der Waals surface area contributed by atoms with E-state index in [0.717, 1.165) is 32.7 Å². The highest BCUT2D eigenvalue weighted by molar-refractivity contribution is 5.84. The monoisotopic (exact) mass is 340 g/mol. The zero-order chi connectivity index (χ0) is 17.6. The van der Waals surface area contributed by atoms with Gasteiger partial charge in [0.25, 0.3) is 0 Å². The first-order chi connectivity index (χ1) is 12.2. The van der Waals surface area contributed by atoms with Gasteiger partial charge in [0.05, 0.1) is 39.5 Å². The molecule has 2 aromatic rings. The standard InChI is InChI=1S/C20H25N3O2/c1-16-6-8-17(9-7-16)15-22-10-12-23(13-11-22)21-14-18-4-3-5-19(25-2)20(18)24/h3-9,14,24H,10-13,15H2,1-2H3/p+1/b21-14+. The number of methoxy groups -OCH3 is 1. The molecule has 1 heterocycles. The van der Waals surface area contributed by atoms with Gasteiger partial charge in [0.2, 0.25) is 0 Å². The van der Waals surface area contributed by atoms with Gasteiger partial charge in [-0.1, -0.05) is 35.9 Å². The number of nitrogens with one attached hydrogen (secondary N) is 1. The second-order valence-electron chi connectivity index (χ2n) is 6.51. The predicted molar refractivity (Wildman–Crippen MR) is 99.4 cm³/mol. The third-order valence-corrected chi connectivity index (χ3v) is 4.63. The van der Waals surface area contributed by atoms with Crippen LogP contribution in [0.1, 0.15) is 16.7 Å². The minimum absolute atomic E-state index is 0.136. The maximum atomic E-state index is 10.1. The predicted octanol–water partition coefficient (Wildman–Crippen LogP) is 1.44. The third kappa shape index (κ3) is 4.51. The fraction of sp³-hybridized carbons (Fsp3) is 0.350. The van der Waals surface area contributed by atoms with E-state index in [9.17, 15) is 5.11 Å². The number of para-hydroxylation sites is 1. The van der Waals surface area contributed by atoms with Gasteiger partial charge in [-0.25, -0.2) is 0 Å². The van der Waals surface area contributed by atoms with Gasteiger partial charge in [-0.2, -0.15) is 5.10 Å². The van der Waals surface area contributed by atoms with Crippen molar-refractivity contribution in [1.29, 1.82) is 0 Å². The fourth-order valence-electron chi connectivity index (χ4n) is 3.05. The molecular formula is C20H26N3O2+. The van der Waals surface area contributed by atoms with Crippen molar-refractivity contribution in [3.05, 3.63) is 59.2 Å². The van der Waals surface area contributed by atoms with Gasteiger partial charge in [-0.05, 0) is 19.1 Å². The number of piperazine rings is 1. The lowest BCUT2D eigenvalue weighted by Gasteiger charge is -2.30.